The summed E-state index contributed by atoms with van der Waals surface area (Å²) in [6.07, 6.45) is 7.11. The van der Waals surface area contributed by atoms with Gasteiger partial charge in [-0.15, -0.1) is 11.3 Å². The van der Waals surface area contributed by atoms with Gasteiger partial charge in [0.05, 0.1) is 10.4 Å². The molecule has 0 aliphatic carbocycles. The van der Waals surface area contributed by atoms with E-state index in [0.717, 1.165) is 28.8 Å². The van der Waals surface area contributed by atoms with E-state index in [1.54, 1.807) is 17.9 Å². The molecule has 0 aliphatic heterocycles. The topological polar surface area (TPSA) is 73.1 Å². The standard InChI is InChI=1S/C20H28N4O2SSi/c1-15-10-21-6-5-16(15)9-17-11-23-20(19(25)18-12-22-13-27-18)24(17)14-26-7-8-28(2,3)4/h5-6,10-13,19,25H,7-9,14H2,1-4H3. The molecule has 28 heavy (non-hydrogen) atoms. The minimum Gasteiger partial charge on any atom is -0.379 e. The third-order valence-corrected chi connectivity index (χ3v) is 7.19. The highest BCUT2D eigenvalue weighted by molar-refractivity contribution is 7.09. The van der Waals surface area contributed by atoms with E-state index >= 15 is 0 Å². The van der Waals surface area contributed by atoms with Gasteiger partial charge < -0.3 is 14.4 Å². The van der Waals surface area contributed by atoms with Crippen molar-refractivity contribution in [2.45, 2.75) is 51.9 Å². The molecular weight excluding hydrogens is 388 g/mol. The van der Waals surface area contributed by atoms with Gasteiger partial charge in [0.1, 0.15) is 18.7 Å². The summed E-state index contributed by atoms with van der Waals surface area (Å²) in [5.41, 5.74) is 5.06. The van der Waals surface area contributed by atoms with Crippen LogP contribution in [0.25, 0.3) is 0 Å². The average Bonchev–Trinajstić information content (AvgIpc) is 3.30. The number of aryl methyl sites for hydroxylation is 1. The summed E-state index contributed by atoms with van der Waals surface area (Å²) in [6, 6.07) is 3.13. The van der Waals surface area contributed by atoms with Crippen LogP contribution in [0.3, 0.4) is 0 Å². The zero-order valence-corrected chi connectivity index (χ0v) is 18.7. The van der Waals surface area contributed by atoms with Crippen LogP contribution < -0.4 is 0 Å². The number of aliphatic hydroxyl groups is 1. The summed E-state index contributed by atoms with van der Waals surface area (Å²) >= 11 is 1.42. The van der Waals surface area contributed by atoms with Crippen molar-refractivity contribution in [2.75, 3.05) is 6.61 Å². The highest BCUT2D eigenvalue weighted by Gasteiger charge is 2.21. The first-order chi connectivity index (χ1) is 13.3. The van der Waals surface area contributed by atoms with Crippen molar-refractivity contribution in [2.24, 2.45) is 0 Å². The first-order valence-electron chi connectivity index (χ1n) is 9.43. The number of hydrogen-bond donors (Lipinski definition) is 1. The van der Waals surface area contributed by atoms with Crippen molar-refractivity contribution in [3.8, 4) is 0 Å². The zero-order chi connectivity index (χ0) is 20.1. The SMILES string of the molecule is Cc1cnccc1Cc1cnc(C(O)c2cncs2)n1COCC[Si](C)(C)C. The lowest BCUT2D eigenvalue weighted by Crippen LogP contribution is -2.22. The third-order valence-electron chi connectivity index (χ3n) is 4.66. The maximum absolute atomic E-state index is 10.8. The minimum absolute atomic E-state index is 0.384. The lowest BCUT2D eigenvalue weighted by Gasteiger charge is -2.18. The van der Waals surface area contributed by atoms with Gasteiger partial charge in [-0.25, -0.2) is 4.98 Å². The fourth-order valence-electron chi connectivity index (χ4n) is 2.85. The van der Waals surface area contributed by atoms with Crippen molar-refractivity contribution in [3.63, 3.8) is 0 Å². The molecule has 3 aromatic rings. The summed E-state index contributed by atoms with van der Waals surface area (Å²) in [6.45, 7) is 10.2. The molecule has 0 saturated heterocycles. The van der Waals surface area contributed by atoms with Crippen LogP contribution in [0.2, 0.25) is 25.7 Å². The molecule has 0 bridgehead atoms. The zero-order valence-electron chi connectivity index (χ0n) is 16.9. The number of thiazole rings is 1. The quantitative estimate of drug-likeness (QED) is 0.421. The Morgan fingerprint density at radius 3 is 2.71 bits per heavy atom. The van der Waals surface area contributed by atoms with E-state index in [4.69, 9.17) is 4.74 Å². The Morgan fingerprint density at radius 1 is 1.21 bits per heavy atom. The Balaban J connectivity index is 1.83. The number of ether oxygens (including phenoxy) is 1. The number of imidazole rings is 1. The second-order valence-corrected chi connectivity index (χ2v) is 14.7. The van der Waals surface area contributed by atoms with Crippen LogP contribution in [-0.4, -0.2) is 39.3 Å². The second-order valence-electron chi connectivity index (χ2n) is 8.17. The van der Waals surface area contributed by atoms with E-state index in [-0.39, 0.29) is 0 Å². The van der Waals surface area contributed by atoms with E-state index in [0.29, 0.717) is 19.0 Å². The van der Waals surface area contributed by atoms with Crippen molar-refractivity contribution >= 4 is 19.4 Å². The normalized spacial score (nSPS) is 13.0. The fraction of sp³-hybridized carbons (Fsp3) is 0.450. The van der Waals surface area contributed by atoms with Gasteiger partial charge in [0.15, 0.2) is 0 Å². The predicted octanol–water partition coefficient (Wildman–Crippen LogP) is 4.03. The van der Waals surface area contributed by atoms with Crippen molar-refractivity contribution in [3.05, 3.63) is 63.9 Å². The number of rotatable bonds is 9. The summed E-state index contributed by atoms with van der Waals surface area (Å²) in [4.78, 5) is 13.6. The first-order valence-corrected chi connectivity index (χ1v) is 14.0. The van der Waals surface area contributed by atoms with E-state index in [1.807, 2.05) is 23.0 Å². The molecule has 0 saturated carbocycles. The molecule has 6 nitrogen and oxygen atoms in total. The second kappa shape index (κ2) is 9.08. The molecule has 1 unspecified atom stereocenters. The summed E-state index contributed by atoms with van der Waals surface area (Å²) in [7, 11) is -1.15. The monoisotopic (exact) mass is 416 g/mol. The smallest absolute Gasteiger partial charge is 0.147 e. The van der Waals surface area contributed by atoms with Crippen LogP contribution in [0.15, 0.2) is 36.4 Å². The summed E-state index contributed by atoms with van der Waals surface area (Å²) in [5, 5.41) is 10.8. The Labute approximate surface area is 171 Å². The lowest BCUT2D eigenvalue weighted by atomic mass is 10.1. The molecule has 0 radical (unpaired) electrons. The van der Waals surface area contributed by atoms with Gasteiger partial charge in [-0.05, 0) is 30.2 Å². The van der Waals surface area contributed by atoms with Crippen LogP contribution in [-0.2, 0) is 17.9 Å². The number of pyridine rings is 1. The highest BCUT2D eigenvalue weighted by Crippen LogP contribution is 2.26. The molecule has 1 N–H and O–H groups in total. The molecule has 3 aromatic heterocycles. The van der Waals surface area contributed by atoms with Crippen LogP contribution in [0.5, 0.6) is 0 Å². The van der Waals surface area contributed by atoms with Gasteiger partial charge in [0.2, 0.25) is 0 Å². The van der Waals surface area contributed by atoms with Gasteiger partial charge in [0.25, 0.3) is 0 Å². The molecule has 0 aliphatic rings. The molecule has 0 amide bonds. The fourth-order valence-corrected chi connectivity index (χ4v) is 4.21. The summed E-state index contributed by atoms with van der Waals surface area (Å²) in [5.74, 6) is 0.596. The molecule has 0 aromatic carbocycles. The van der Waals surface area contributed by atoms with Gasteiger partial charge in [-0.1, -0.05) is 19.6 Å². The number of nitrogens with zero attached hydrogens (tertiary/aromatic N) is 4. The van der Waals surface area contributed by atoms with Gasteiger partial charge in [-0.2, -0.15) is 0 Å². The molecule has 150 valence electrons. The van der Waals surface area contributed by atoms with E-state index in [9.17, 15) is 5.11 Å². The number of hydrogen-bond acceptors (Lipinski definition) is 6. The van der Waals surface area contributed by atoms with Crippen molar-refractivity contribution in [1.82, 2.24) is 19.5 Å². The van der Waals surface area contributed by atoms with Crippen LogP contribution in [0.4, 0.5) is 0 Å². The Bertz CT molecular complexity index is 890. The van der Waals surface area contributed by atoms with Crippen LogP contribution >= 0.6 is 11.3 Å². The molecule has 8 heteroatoms. The van der Waals surface area contributed by atoms with Crippen molar-refractivity contribution in [1.29, 1.82) is 0 Å². The summed E-state index contributed by atoms with van der Waals surface area (Å²) < 4.78 is 7.99. The van der Waals surface area contributed by atoms with Crippen LogP contribution in [0, 0.1) is 6.92 Å². The molecule has 0 fully saturated rings. The molecule has 1 atom stereocenters. The minimum atomic E-state index is -1.15. The largest absolute Gasteiger partial charge is 0.379 e. The first kappa shape index (κ1) is 20.9. The molecule has 3 heterocycles. The maximum Gasteiger partial charge on any atom is 0.147 e. The van der Waals surface area contributed by atoms with Gasteiger partial charge in [0, 0.05) is 51.6 Å². The number of aromatic nitrogens is 4. The van der Waals surface area contributed by atoms with E-state index in [2.05, 4.69) is 41.5 Å². The van der Waals surface area contributed by atoms with E-state index < -0.39 is 14.2 Å². The molecule has 0 spiro atoms. The van der Waals surface area contributed by atoms with Gasteiger partial charge >= 0.3 is 0 Å². The lowest BCUT2D eigenvalue weighted by molar-refractivity contribution is 0.0772. The molecular formula is C20H28N4O2SSi. The Kier molecular flexibility index (Phi) is 6.76. The Hall–Kier alpha value is -1.87. The molecule has 3 rings (SSSR count). The maximum atomic E-state index is 10.8. The van der Waals surface area contributed by atoms with E-state index in [1.165, 1.54) is 16.9 Å². The highest BCUT2D eigenvalue weighted by atomic mass is 32.1. The Morgan fingerprint density at radius 2 is 2.04 bits per heavy atom. The third kappa shape index (κ3) is 5.35. The van der Waals surface area contributed by atoms with Gasteiger partial charge in [-0.3, -0.25) is 9.97 Å². The predicted molar refractivity (Wildman–Crippen MR) is 114 cm³/mol. The number of aliphatic hydroxyl groups excluding tert-OH is 1. The van der Waals surface area contributed by atoms with Crippen molar-refractivity contribution < 1.29 is 9.84 Å². The average molecular weight is 417 g/mol. The van der Waals surface area contributed by atoms with Crippen LogP contribution in [0.1, 0.15) is 33.6 Å².